The summed E-state index contributed by atoms with van der Waals surface area (Å²) in [6.45, 7) is 1.49. The van der Waals surface area contributed by atoms with Gasteiger partial charge >= 0.3 is 152 Å². The number of hydrogen-bond acceptors (Lipinski definition) is 4. The number of hydrogen-bond donors (Lipinski definition) is 0. The van der Waals surface area contributed by atoms with Gasteiger partial charge in [0.25, 0.3) is 0 Å². The number of ether oxygens (including phenoxy) is 1. The van der Waals surface area contributed by atoms with Gasteiger partial charge in [-0.3, -0.25) is 0 Å². The van der Waals surface area contributed by atoms with Crippen molar-refractivity contribution in [3.63, 3.8) is 0 Å². The zero-order valence-corrected chi connectivity index (χ0v) is 15.6. The molecule has 0 bridgehead atoms. The second-order valence-corrected chi connectivity index (χ2v) is 6.99. The molecule has 2 aromatic carbocycles. The SMILES string of the molecule is COc1ccc(/C=N/N(C(C)=O)c2nc(-c3ccccc3)c[se]2)cc1. The van der Waals surface area contributed by atoms with E-state index in [-0.39, 0.29) is 20.4 Å². The quantitative estimate of drug-likeness (QED) is 0.377. The van der Waals surface area contributed by atoms with Gasteiger partial charge in [0.05, 0.1) is 0 Å². The fraction of sp³-hybridized carbons (Fsp3) is 0.105. The van der Waals surface area contributed by atoms with Crippen molar-refractivity contribution in [2.45, 2.75) is 6.92 Å². The molecule has 3 aromatic rings. The fourth-order valence-corrected chi connectivity index (χ4v) is 3.93. The second-order valence-electron chi connectivity index (χ2n) is 5.23. The van der Waals surface area contributed by atoms with E-state index in [4.69, 9.17) is 4.74 Å². The Hall–Kier alpha value is -2.69. The molecule has 0 unspecified atom stereocenters. The van der Waals surface area contributed by atoms with Crippen molar-refractivity contribution in [1.29, 1.82) is 0 Å². The van der Waals surface area contributed by atoms with Crippen molar-refractivity contribution in [1.82, 2.24) is 4.98 Å². The van der Waals surface area contributed by atoms with Gasteiger partial charge in [-0.25, -0.2) is 0 Å². The van der Waals surface area contributed by atoms with Crippen molar-refractivity contribution >= 4 is 31.3 Å². The van der Waals surface area contributed by atoms with Crippen LogP contribution in [0.4, 0.5) is 4.69 Å². The molecule has 3 rings (SSSR count). The van der Waals surface area contributed by atoms with Gasteiger partial charge < -0.3 is 0 Å². The van der Waals surface area contributed by atoms with E-state index in [1.807, 2.05) is 54.6 Å². The maximum atomic E-state index is 12.0. The van der Waals surface area contributed by atoms with Crippen LogP contribution in [0, 0.1) is 0 Å². The number of carbonyl (C=O) groups is 1. The minimum absolute atomic E-state index is 0.0336. The van der Waals surface area contributed by atoms with Crippen LogP contribution in [-0.4, -0.2) is 38.7 Å². The van der Waals surface area contributed by atoms with E-state index in [0.717, 1.165) is 22.6 Å². The van der Waals surface area contributed by atoms with Gasteiger partial charge in [0.15, 0.2) is 0 Å². The van der Waals surface area contributed by atoms with Crippen LogP contribution in [0.2, 0.25) is 0 Å². The number of anilines is 1. The second kappa shape index (κ2) is 7.92. The molecular weight excluding hydrogens is 381 g/mol. The van der Waals surface area contributed by atoms with Crippen LogP contribution in [0.3, 0.4) is 0 Å². The van der Waals surface area contributed by atoms with Gasteiger partial charge in [-0.05, 0) is 0 Å². The predicted octanol–water partition coefficient (Wildman–Crippen LogP) is 3.20. The Kier molecular flexibility index (Phi) is 5.43. The minimum atomic E-state index is -0.159. The van der Waals surface area contributed by atoms with Crippen LogP contribution in [0.15, 0.2) is 64.6 Å². The first-order valence-electron chi connectivity index (χ1n) is 7.67. The number of aromatic nitrogens is 1. The molecule has 0 fully saturated rings. The summed E-state index contributed by atoms with van der Waals surface area (Å²) in [5.41, 5.74) is 2.82. The van der Waals surface area contributed by atoms with Gasteiger partial charge in [-0.2, -0.15) is 0 Å². The molecule has 5 nitrogen and oxygen atoms in total. The van der Waals surface area contributed by atoms with E-state index in [9.17, 15) is 4.79 Å². The van der Waals surface area contributed by atoms with E-state index in [2.05, 4.69) is 15.0 Å². The van der Waals surface area contributed by atoms with E-state index in [0.29, 0.717) is 4.69 Å². The van der Waals surface area contributed by atoms with Gasteiger partial charge in [-0.15, -0.1) is 0 Å². The molecule has 1 amide bonds. The van der Waals surface area contributed by atoms with Crippen molar-refractivity contribution in [2.75, 3.05) is 12.1 Å². The summed E-state index contributed by atoms with van der Waals surface area (Å²) in [6, 6.07) is 17.4. The Morgan fingerprint density at radius 3 is 2.52 bits per heavy atom. The summed E-state index contributed by atoms with van der Waals surface area (Å²) < 4.78 is 5.82. The molecule has 0 radical (unpaired) electrons. The van der Waals surface area contributed by atoms with Gasteiger partial charge in [0, 0.05) is 0 Å². The molecule has 1 heterocycles. The summed E-state index contributed by atoms with van der Waals surface area (Å²) in [5.74, 6) is 0.619. The number of hydrazone groups is 1. The third-order valence-electron chi connectivity index (χ3n) is 3.48. The molecule has 0 aliphatic carbocycles. The molecule has 25 heavy (non-hydrogen) atoms. The Bertz CT molecular complexity index is 873. The third kappa shape index (κ3) is 4.24. The standard InChI is InChI=1S/C19H17N3O2Se/c1-14(23)22(20-12-15-8-10-17(24-2)11-9-15)19-21-18(13-25-19)16-6-4-3-5-7-16/h3-13H,1-2H3/b20-12+. The first kappa shape index (κ1) is 17.1. The molecule has 0 atom stereocenters. The number of amides is 1. The van der Waals surface area contributed by atoms with Crippen LogP contribution in [0.25, 0.3) is 11.3 Å². The van der Waals surface area contributed by atoms with E-state index < -0.39 is 0 Å². The number of carbonyl (C=O) groups excluding carboxylic acids is 1. The number of benzene rings is 2. The van der Waals surface area contributed by atoms with Gasteiger partial charge in [0.2, 0.25) is 0 Å². The fourth-order valence-electron chi connectivity index (χ4n) is 2.18. The molecule has 0 saturated heterocycles. The Morgan fingerprint density at radius 1 is 1.16 bits per heavy atom. The number of rotatable bonds is 5. The normalized spacial score (nSPS) is 10.8. The zero-order valence-electron chi connectivity index (χ0n) is 13.9. The number of methoxy groups -OCH3 is 1. The zero-order chi connectivity index (χ0) is 17.6. The average Bonchev–Trinajstić information content (AvgIpc) is 3.13. The third-order valence-corrected chi connectivity index (χ3v) is 5.19. The molecule has 0 saturated carbocycles. The van der Waals surface area contributed by atoms with E-state index in [1.165, 1.54) is 11.9 Å². The van der Waals surface area contributed by atoms with E-state index >= 15 is 0 Å². The Morgan fingerprint density at radius 2 is 1.88 bits per heavy atom. The Labute approximate surface area is 152 Å². The summed E-state index contributed by atoms with van der Waals surface area (Å²) in [7, 11) is 1.62. The molecule has 0 spiro atoms. The molecule has 1 aromatic heterocycles. The molecule has 0 N–H and O–H groups in total. The van der Waals surface area contributed by atoms with Gasteiger partial charge in [0.1, 0.15) is 0 Å². The Balaban J connectivity index is 1.82. The van der Waals surface area contributed by atoms with Crippen LogP contribution in [-0.2, 0) is 4.79 Å². The van der Waals surface area contributed by atoms with Crippen molar-refractivity contribution < 1.29 is 9.53 Å². The van der Waals surface area contributed by atoms with Crippen LogP contribution in [0.5, 0.6) is 5.75 Å². The van der Waals surface area contributed by atoms with Crippen molar-refractivity contribution in [3.05, 3.63) is 65.1 Å². The maximum absolute atomic E-state index is 12.0. The molecule has 126 valence electrons. The average molecular weight is 398 g/mol. The monoisotopic (exact) mass is 399 g/mol. The van der Waals surface area contributed by atoms with Crippen LogP contribution < -0.4 is 9.75 Å². The summed E-state index contributed by atoms with van der Waals surface area (Å²) in [5, 5.41) is 5.70. The molecule has 6 heteroatoms. The first-order chi connectivity index (χ1) is 12.2. The first-order valence-corrected chi connectivity index (χ1v) is 9.51. The topological polar surface area (TPSA) is 54.8 Å². The molecule has 0 aliphatic heterocycles. The number of nitrogens with zero attached hydrogens (tertiary/aromatic N) is 3. The predicted molar refractivity (Wildman–Crippen MR) is 100 cm³/mol. The van der Waals surface area contributed by atoms with Crippen molar-refractivity contribution in [3.8, 4) is 17.0 Å². The summed E-state index contributed by atoms with van der Waals surface area (Å²) in [6.07, 6.45) is 1.65. The van der Waals surface area contributed by atoms with Crippen molar-refractivity contribution in [2.24, 2.45) is 5.10 Å². The summed E-state index contributed by atoms with van der Waals surface area (Å²) in [4.78, 5) is 18.7. The van der Waals surface area contributed by atoms with Gasteiger partial charge in [-0.1, -0.05) is 0 Å². The molecule has 0 aliphatic rings. The van der Waals surface area contributed by atoms with Crippen LogP contribution >= 0.6 is 0 Å². The van der Waals surface area contributed by atoms with Crippen LogP contribution in [0.1, 0.15) is 12.5 Å². The molecular formula is C19H17N3O2Se. The summed E-state index contributed by atoms with van der Waals surface area (Å²) >= 11 is -0.0336. The van der Waals surface area contributed by atoms with E-state index in [1.54, 1.807) is 13.3 Å².